The minimum Gasteiger partial charge on any atom is -0.481 e. The van der Waals surface area contributed by atoms with Gasteiger partial charge in [0.2, 0.25) is 0 Å². The van der Waals surface area contributed by atoms with E-state index in [9.17, 15) is 19.5 Å². The van der Waals surface area contributed by atoms with E-state index in [1.54, 1.807) is 18.1 Å². The molecule has 0 amide bonds. The third kappa shape index (κ3) is 3.63. The fourth-order valence-corrected chi connectivity index (χ4v) is 9.40. The van der Waals surface area contributed by atoms with Crippen molar-refractivity contribution in [3.05, 3.63) is 23.3 Å². The Morgan fingerprint density at radius 3 is 2.26 bits per heavy atom. The zero-order valence-electron chi connectivity index (χ0n) is 23.1. The maximum absolute atomic E-state index is 12.9. The Labute approximate surface area is 212 Å². The smallest absolute Gasteiger partial charge is 0.310 e. The van der Waals surface area contributed by atoms with E-state index in [4.69, 9.17) is 0 Å². The van der Waals surface area contributed by atoms with Crippen molar-refractivity contribution in [1.82, 2.24) is 0 Å². The molecule has 4 heteroatoms. The molecule has 0 aromatic carbocycles. The highest BCUT2D eigenvalue weighted by molar-refractivity contribution is 5.99. The van der Waals surface area contributed by atoms with Crippen molar-refractivity contribution in [3.8, 4) is 0 Å². The van der Waals surface area contributed by atoms with Gasteiger partial charge in [-0.3, -0.25) is 14.4 Å². The Morgan fingerprint density at radius 2 is 1.63 bits per heavy atom. The summed E-state index contributed by atoms with van der Waals surface area (Å²) >= 11 is 0. The summed E-state index contributed by atoms with van der Waals surface area (Å²) in [7, 11) is 0. The molecule has 0 radical (unpaired) electrons. The maximum atomic E-state index is 12.9. The molecule has 4 rings (SSSR count). The third-order valence-electron chi connectivity index (χ3n) is 12.0. The number of carbonyl (C=O) groups excluding carboxylic acids is 2. The molecule has 0 unspecified atom stereocenters. The van der Waals surface area contributed by atoms with Gasteiger partial charge in [-0.1, -0.05) is 59.3 Å². The van der Waals surface area contributed by atoms with E-state index >= 15 is 0 Å². The molecule has 35 heavy (non-hydrogen) atoms. The predicted octanol–water partition coefficient (Wildman–Crippen LogP) is 7.18. The lowest BCUT2D eigenvalue weighted by Crippen LogP contribution is -2.54. The van der Waals surface area contributed by atoms with Gasteiger partial charge in [-0.05, 0) is 85.9 Å². The van der Waals surface area contributed by atoms with Crippen molar-refractivity contribution in [2.45, 2.75) is 106 Å². The minimum absolute atomic E-state index is 0.0950. The van der Waals surface area contributed by atoms with E-state index < -0.39 is 11.9 Å². The van der Waals surface area contributed by atoms with Gasteiger partial charge < -0.3 is 5.11 Å². The van der Waals surface area contributed by atoms with Crippen LogP contribution in [0.1, 0.15) is 106 Å². The predicted molar refractivity (Wildman–Crippen MR) is 139 cm³/mol. The van der Waals surface area contributed by atoms with Crippen LogP contribution >= 0.6 is 0 Å². The van der Waals surface area contributed by atoms with Gasteiger partial charge >= 0.3 is 5.97 Å². The Morgan fingerprint density at radius 1 is 0.971 bits per heavy atom. The third-order valence-corrected chi connectivity index (χ3v) is 12.0. The summed E-state index contributed by atoms with van der Waals surface area (Å²) in [5.74, 6) is -0.403. The van der Waals surface area contributed by atoms with E-state index in [-0.39, 0.29) is 38.9 Å². The van der Waals surface area contributed by atoms with Gasteiger partial charge in [-0.15, -0.1) is 0 Å². The number of carbonyl (C=O) groups is 3. The standard InChI is InChI=1S/C31H46O4/c1-18(17-24(32)19(2)20(3)27(34)35)21-11-15-31(8)23-9-10-25-28(4,5)26(33)13-14-29(25,6)22(23)12-16-30(21,31)7/h18,20-21,25H,2,9-17H2,1,3-8H3,(H,34,35)/t18-,20+,21-,25+,29-,30-,31+/m1/s1. The summed E-state index contributed by atoms with van der Waals surface area (Å²) in [6.07, 6.45) is 8.79. The fraction of sp³-hybridized carbons (Fsp3) is 0.774. The number of allylic oxidation sites excluding steroid dienone is 2. The summed E-state index contributed by atoms with van der Waals surface area (Å²) < 4.78 is 0. The number of fused-ring (bicyclic) bond motifs is 4. The van der Waals surface area contributed by atoms with Crippen LogP contribution in [0.25, 0.3) is 0 Å². The van der Waals surface area contributed by atoms with Gasteiger partial charge in [-0.25, -0.2) is 0 Å². The molecule has 4 aliphatic carbocycles. The molecule has 2 fully saturated rings. The molecule has 0 aromatic heterocycles. The summed E-state index contributed by atoms with van der Waals surface area (Å²) in [5, 5.41) is 9.30. The highest BCUT2D eigenvalue weighted by atomic mass is 16.4. The quantitative estimate of drug-likeness (QED) is 0.321. The fourth-order valence-electron chi connectivity index (χ4n) is 9.40. The molecule has 0 heterocycles. The van der Waals surface area contributed by atoms with Crippen molar-refractivity contribution >= 4 is 17.5 Å². The number of carboxylic acid groups (broad SMARTS) is 1. The van der Waals surface area contributed by atoms with Gasteiger partial charge in [0.05, 0.1) is 5.92 Å². The van der Waals surface area contributed by atoms with Crippen LogP contribution in [0.5, 0.6) is 0 Å². The number of hydrogen-bond acceptors (Lipinski definition) is 3. The van der Waals surface area contributed by atoms with E-state index in [2.05, 4.69) is 48.1 Å². The van der Waals surface area contributed by atoms with Crippen LogP contribution in [0.2, 0.25) is 0 Å². The van der Waals surface area contributed by atoms with Crippen LogP contribution in [0.15, 0.2) is 23.3 Å². The van der Waals surface area contributed by atoms with Crippen molar-refractivity contribution in [2.24, 2.45) is 45.3 Å². The molecule has 4 nitrogen and oxygen atoms in total. The van der Waals surface area contributed by atoms with E-state index in [1.807, 2.05) is 0 Å². The Kier molecular flexibility index (Phi) is 6.34. The average molecular weight is 483 g/mol. The maximum Gasteiger partial charge on any atom is 0.310 e. The first kappa shape index (κ1) is 26.4. The summed E-state index contributed by atoms with van der Waals surface area (Å²) in [6.45, 7) is 19.3. The number of ketones is 2. The topological polar surface area (TPSA) is 71.4 Å². The number of aliphatic carboxylic acids is 1. The Balaban J connectivity index is 1.61. The van der Waals surface area contributed by atoms with Gasteiger partial charge in [-0.2, -0.15) is 0 Å². The minimum atomic E-state index is -0.986. The lowest BCUT2D eigenvalue weighted by atomic mass is 9.43. The number of rotatable bonds is 6. The normalized spacial score (nSPS) is 39.8. The lowest BCUT2D eigenvalue weighted by molar-refractivity contribution is -0.141. The summed E-state index contributed by atoms with van der Waals surface area (Å²) in [6, 6.07) is 0. The molecule has 194 valence electrons. The zero-order valence-corrected chi connectivity index (χ0v) is 23.1. The first-order chi connectivity index (χ1) is 16.1. The van der Waals surface area contributed by atoms with Gasteiger partial charge in [0.1, 0.15) is 5.78 Å². The Bertz CT molecular complexity index is 1000. The van der Waals surface area contributed by atoms with Crippen molar-refractivity contribution in [2.75, 3.05) is 0 Å². The van der Waals surface area contributed by atoms with Gasteiger partial charge in [0.25, 0.3) is 0 Å². The molecule has 4 aliphatic rings. The van der Waals surface area contributed by atoms with Crippen LogP contribution < -0.4 is 0 Å². The highest BCUT2D eigenvalue weighted by Crippen LogP contribution is 2.72. The van der Waals surface area contributed by atoms with Crippen LogP contribution in [-0.2, 0) is 14.4 Å². The molecule has 0 aromatic rings. The molecule has 0 aliphatic heterocycles. The average Bonchev–Trinajstić information content (AvgIpc) is 3.07. The highest BCUT2D eigenvalue weighted by Gasteiger charge is 2.63. The van der Waals surface area contributed by atoms with E-state index in [0.717, 1.165) is 44.9 Å². The molecular weight excluding hydrogens is 436 g/mol. The number of carboxylic acids is 1. The Hall–Kier alpha value is -1.71. The second-order valence-corrected chi connectivity index (χ2v) is 13.7. The van der Waals surface area contributed by atoms with Gasteiger partial charge in [0.15, 0.2) is 5.78 Å². The van der Waals surface area contributed by atoms with Crippen molar-refractivity contribution in [1.29, 1.82) is 0 Å². The molecule has 2 saturated carbocycles. The van der Waals surface area contributed by atoms with E-state index in [1.165, 1.54) is 0 Å². The summed E-state index contributed by atoms with van der Waals surface area (Å²) in [5.41, 5.74) is 3.73. The SMILES string of the molecule is C=C(C(=O)C[C@@H](C)[C@H]1CC[C@@]2(C)C3=C(CC[C@]12C)[C@@]1(C)CCC(=O)C(C)(C)[C@@H]1CC3)[C@H](C)C(=O)O. The van der Waals surface area contributed by atoms with Crippen LogP contribution in [-0.4, -0.2) is 22.6 Å². The van der Waals surface area contributed by atoms with Crippen LogP contribution in [0.4, 0.5) is 0 Å². The lowest BCUT2D eigenvalue weighted by Gasteiger charge is -2.60. The molecule has 7 atom stereocenters. The molecule has 0 spiro atoms. The van der Waals surface area contributed by atoms with Crippen LogP contribution in [0.3, 0.4) is 0 Å². The van der Waals surface area contributed by atoms with E-state index in [0.29, 0.717) is 30.5 Å². The number of Topliss-reactive ketones (excluding diaryl/α,β-unsaturated/α-hetero) is 2. The zero-order chi connectivity index (χ0) is 26.1. The molecule has 0 bridgehead atoms. The van der Waals surface area contributed by atoms with Crippen molar-refractivity contribution < 1.29 is 19.5 Å². The molecule has 0 saturated heterocycles. The van der Waals surface area contributed by atoms with Crippen LogP contribution in [0, 0.1) is 45.3 Å². The summed E-state index contributed by atoms with van der Waals surface area (Å²) in [4.78, 5) is 37.1. The largest absolute Gasteiger partial charge is 0.481 e. The first-order valence-corrected chi connectivity index (χ1v) is 13.8. The van der Waals surface area contributed by atoms with Crippen molar-refractivity contribution in [3.63, 3.8) is 0 Å². The molecular formula is C31H46O4. The monoisotopic (exact) mass is 482 g/mol. The second-order valence-electron chi connectivity index (χ2n) is 13.7. The second kappa shape index (κ2) is 8.42. The first-order valence-electron chi connectivity index (χ1n) is 13.8. The molecule has 1 N–H and O–H groups in total. The van der Waals surface area contributed by atoms with Gasteiger partial charge in [0, 0.05) is 23.8 Å². The number of hydrogen-bond donors (Lipinski definition) is 1.